The van der Waals surface area contributed by atoms with Gasteiger partial charge in [-0.25, -0.2) is 0 Å². The van der Waals surface area contributed by atoms with E-state index in [0.29, 0.717) is 45.9 Å². The third-order valence-electron chi connectivity index (χ3n) is 5.06. The number of piperidine rings is 1. The second-order valence-electron chi connectivity index (χ2n) is 8.08. The molecular formula is C24H29ClN2O4. The number of rotatable bonds is 7. The maximum atomic E-state index is 12.8. The highest BCUT2D eigenvalue weighted by atomic mass is 35.5. The molecule has 3 rings (SSSR count). The van der Waals surface area contributed by atoms with Gasteiger partial charge in [0.2, 0.25) is 0 Å². The summed E-state index contributed by atoms with van der Waals surface area (Å²) in [5.74, 6) is 0.782. The van der Waals surface area contributed by atoms with Crippen LogP contribution >= 0.6 is 11.6 Å². The van der Waals surface area contributed by atoms with Crippen LogP contribution in [0.2, 0.25) is 5.02 Å². The number of anilines is 1. The van der Waals surface area contributed by atoms with E-state index in [9.17, 15) is 9.59 Å². The molecule has 0 aliphatic carbocycles. The first-order valence-corrected chi connectivity index (χ1v) is 11.0. The van der Waals surface area contributed by atoms with Gasteiger partial charge in [-0.05, 0) is 55.5 Å². The summed E-state index contributed by atoms with van der Waals surface area (Å²) in [6.07, 6.45) is 3.22. The Bertz CT molecular complexity index is 939. The van der Waals surface area contributed by atoms with Crippen LogP contribution < -0.4 is 14.8 Å². The van der Waals surface area contributed by atoms with Crippen molar-refractivity contribution in [3.05, 3.63) is 52.5 Å². The van der Waals surface area contributed by atoms with Crippen LogP contribution in [0.25, 0.3) is 0 Å². The normalized spacial score (nSPS) is 13.8. The second kappa shape index (κ2) is 10.5. The van der Waals surface area contributed by atoms with Crippen LogP contribution in [0, 0.1) is 5.92 Å². The Kier molecular flexibility index (Phi) is 7.80. The largest absolute Gasteiger partial charge is 0.493 e. The molecule has 1 N–H and O–H groups in total. The van der Waals surface area contributed by atoms with Crippen LogP contribution in [0.1, 0.15) is 53.8 Å². The Labute approximate surface area is 188 Å². The Balaban J connectivity index is 1.75. The molecule has 2 aromatic carbocycles. The van der Waals surface area contributed by atoms with E-state index in [0.717, 1.165) is 32.4 Å². The van der Waals surface area contributed by atoms with Gasteiger partial charge in [0.1, 0.15) is 0 Å². The van der Waals surface area contributed by atoms with Gasteiger partial charge in [0.25, 0.3) is 11.8 Å². The maximum Gasteiger partial charge on any atom is 0.255 e. The maximum absolute atomic E-state index is 12.8. The summed E-state index contributed by atoms with van der Waals surface area (Å²) in [5, 5.41) is 3.14. The molecule has 1 saturated heterocycles. The van der Waals surface area contributed by atoms with E-state index in [1.165, 1.54) is 7.11 Å². The average molecular weight is 445 g/mol. The van der Waals surface area contributed by atoms with Crippen molar-refractivity contribution >= 4 is 29.1 Å². The highest BCUT2D eigenvalue weighted by molar-refractivity contribution is 6.32. The van der Waals surface area contributed by atoms with Crippen LogP contribution in [0.3, 0.4) is 0 Å². The fourth-order valence-electron chi connectivity index (χ4n) is 3.45. The lowest BCUT2D eigenvalue weighted by atomic mass is 10.1. The Morgan fingerprint density at radius 3 is 2.52 bits per heavy atom. The Morgan fingerprint density at radius 1 is 1.10 bits per heavy atom. The van der Waals surface area contributed by atoms with E-state index in [4.69, 9.17) is 21.1 Å². The zero-order valence-corrected chi connectivity index (χ0v) is 19.0. The number of methoxy groups -OCH3 is 1. The number of amides is 2. The van der Waals surface area contributed by atoms with Crippen LogP contribution in [-0.2, 0) is 0 Å². The van der Waals surface area contributed by atoms with Crippen molar-refractivity contribution < 1.29 is 19.1 Å². The van der Waals surface area contributed by atoms with Crippen molar-refractivity contribution in [1.82, 2.24) is 4.90 Å². The monoisotopic (exact) mass is 444 g/mol. The number of halogens is 1. The minimum Gasteiger partial charge on any atom is -0.493 e. The molecule has 166 valence electrons. The number of nitrogens with one attached hydrogen (secondary N) is 1. The zero-order chi connectivity index (χ0) is 22.4. The molecule has 0 atom stereocenters. The SMILES string of the molecule is COc1cc(C(=O)Nc2cccc(C(=O)N3CCCCC3)c2)cc(Cl)c1OCC(C)C. The van der Waals surface area contributed by atoms with Crippen molar-refractivity contribution in [1.29, 1.82) is 0 Å². The predicted octanol–water partition coefficient (Wildman–Crippen LogP) is 5.26. The molecule has 2 aromatic rings. The summed E-state index contributed by atoms with van der Waals surface area (Å²) < 4.78 is 11.1. The molecule has 0 bridgehead atoms. The zero-order valence-electron chi connectivity index (χ0n) is 18.2. The molecule has 1 aliphatic heterocycles. The van der Waals surface area contributed by atoms with Gasteiger partial charge in [0, 0.05) is 29.9 Å². The van der Waals surface area contributed by atoms with Crippen molar-refractivity contribution in [3.8, 4) is 11.5 Å². The Hall–Kier alpha value is -2.73. The number of ether oxygens (including phenoxy) is 2. The lowest BCUT2D eigenvalue weighted by molar-refractivity contribution is 0.0724. The van der Waals surface area contributed by atoms with Gasteiger partial charge in [-0.3, -0.25) is 9.59 Å². The highest BCUT2D eigenvalue weighted by Gasteiger charge is 2.20. The third-order valence-corrected chi connectivity index (χ3v) is 5.34. The fourth-order valence-corrected chi connectivity index (χ4v) is 3.72. The first-order valence-electron chi connectivity index (χ1n) is 10.6. The third kappa shape index (κ3) is 5.91. The number of likely N-dealkylation sites (tertiary alicyclic amines) is 1. The molecule has 1 fully saturated rings. The van der Waals surface area contributed by atoms with E-state index >= 15 is 0 Å². The number of hydrogen-bond donors (Lipinski definition) is 1. The van der Waals surface area contributed by atoms with E-state index in [1.54, 1.807) is 36.4 Å². The molecule has 0 unspecified atom stereocenters. The van der Waals surface area contributed by atoms with E-state index < -0.39 is 0 Å². The lowest BCUT2D eigenvalue weighted by Crippen LogP contribution is -2.35. The number of hydrogen-bond acceptors (Lipinski definition) is 4. The van der Waals surface area contributed by atoms with Crippen molar-refractivity contribution in [3.63, 3.8) is 0 Å². The van der Waals surface area contributed by atoms with Gasteiger partial charge < -0.3 is 19.7 Å². The minimum atomic E-state index is -0.349. The van der Waals surface area contributed by atoms with E-state index in [2.05, 4.69) is 5.32 Å². The number of carbonyl (C=O) groups excluding carboxylic acids is 2. The molecule has 1 heterocycles. The molecule has 2 amide bonds. The summed E-state index contributed by atoms with van der Waals surface area (Å²) in [5.41, 5.74) is 1.45. The van der Waals surface area contributed by atoms with Crippen molar-refractivity contribution in [2.45, 2.75) is 33.1 Å². The summed E-state index contributed by atoms with van der Waals surface area (Å²) in [6.45, 7) is 6.11. The number of nitrogens with zero attached hydrogens (tertiary/aromatic N) is 1. The first-order chi connectivity index (χ1) is 14.9. The molecule has 6 nitrogen and oxygen atoms in total. The quantitative estimate of drug-likeness (QED) is 0.632. The van der Waals surface area contributed by atoms with E-state index in [-0.39, 0.29) is 11.8 Å². The molecule has 7 heteroatoms. The molecule has 31 heavy (non-hydrogen) atoms. The van der Waals surface area contributed by atoms with Gasteiger partial charge in [0.15, 0.2) is 11.5 Å². The molecule has 1 aliphatic rings. The molecule has 0 aromatic heterocycles. The van der Waals surface area contributed by atoms with Gasteiger partial charge in [-0.2, -0.15) is 0 Å². The molecule has 0 radical (unpaired) electrons. The smallest absolute Gasteiger partial charge is 0.255 e. The minimum absolute atomic E-state index is 0.00725. The van der Waals surface area contributed by atoms with Crippen LogP contribution in [0.4, 0.5) is 5.69 Å². The number of carbonyl (C=O) groups is 2. The summed E-state index contributed by atoms with van der Waals surface area (Å²) in [4.78, 5) is 27.4. The van der Waals surface area contributed by atoms with Gasteiger partial charge in [-0.1, -0.05) is 31.5 Å². The standard InChI is InChI=1S/C24H29ClN2O4/c1-16(2)15-31-22-20(25)13-18(14-21(22)30-3)23(28)26-19-9-7-8-17(12-19)24(29)27-10-5-4-6-11-27/h7-9,12-14,16H,4-6,10-11,15H2,1-3H3,(H,26,28). The molecular weight excluding hydrogens is 416 g/mol. The second-order valence-corrected chi connectivity index (χ2v) is 8.49. The van der Waals surface area contributed by atoms with Gasteiger partial charge >= 0.3 is 0 Å². The molecule has 0 saturated carbocycles. The van der Waals surface area contributed by atoms with Crippen molar-refractivity contribution in [2.24, 2.45) is 5.92 Å². The number of benzene rings is 2. The Morgan fingerprint density at radius 2 is 1.84 bits per heavy atom. The fraction of sp³-hybridized carbons (Fsp3) is 0.417. The summed E-state index contributed by atoms with van der Waals surface area (Å²) >= 11 is 6.36. The first kappa shape index (κ1) is 22.9. The topological polar surface area (TPSA) is 67.9 Å². The van der Waals surface area contributed by atoms with Gasteiger partial charge in [0.05, 0.1) is 18.7 Å². The molecule has 0 spiro atoms. The van der Waals surface area contributed by atoms with Crippen molar-refractivity contribution in [2.75, 3.05) is 32.1 Å². The highest BCUT2D eigenvalue weighted by Crippen LogP contribution is 2.37. The van der Waals surface area contributed by atoms with E-state index in [1.807, 2.05) is 18.7 Å². The van der Waals surface area contributed by atoms with Crippen LogP contribution in [0.15, 0.2) is 36.4 Å². The summed E-state index contributed by atoms with van der Waals surface area (Å²) in [7, 11) is 1.51. The summed E-state index contributed by atoms with van der Waals surface area (Å²) in [6, 6.07) is 10.1. The average Bonchev–Trinajstić information content (AvgIpc) is 2.77. The van der Waals surface area contributed by atoms with Gasteiger partial charge in [-0.15, -0.1) is 0 Å². The van der Waals surface area contributed by atoms with Crippen LogP contribution in [0.5, 0.6) is 11.5 Å². The predicted molar refractivity (Wildman–Crippen MR) is 122 cm³/mol. The van der Waals surface area contributed by atoms with Crippen LogP contribution in [-0.4, -0.2) is 43.5 Å². The lowest BCUT2D eigenvalue weighted by Gasteiger charge is -2.26.